The molecular weight excluding hydrogens is 250 g/mol. The predicted molar refractivity (Wildman–Crippen MR) is 71.3 cm³/mol. The van der Waals surface area contributed by atoms with Crippen LogP contribution in [0.15, 0.2) is 0 Å². The second kappa shape index (κ2) is 9.71. The normalized spacial score (nSPS) is 14.0. The van der Waals surface area contributed by atoms with Crippen LogP contribution in [-0.2, 0) is 14.3 Å². The number of nitrogens with one attached hydrogen (secondary N) is 2. The number of amides is 2. The fraction of sp³-hybridized carbons (Fsp3) is 0.833. The smallest absolute Gasteiger partial charge is 0.239 e. The first-order valence-electron chi connectivity index (χ1n) is 6.34. The Morgan fingerprint density at radius 3 is 2.47 bits per heavy atom. The molecule has 7 heteroatoms. The number of hydrogen-bond donors (Lipinski definition) is 4. The van der Waals surface area contributed by atoms with Gasteiger partial charge in [-0.3, -0.25) is 9.59 Å². The Hall–Kier alpha value is -1.18. The molecule has 0 saturated heterocycles. The van der Waals surface area contributed by atoms with Gasteiger partial charge in [0.05, 0.1) is 25.2 Å². The molecule has 112 valence electrons. The average molecular weight is 275 g/mol. The van der Waals surface area contributed by atoms with Crippen molar-refractivity contribution < 1.29 is 19.4 Å². The highest BCUT2D eigenvalue weighted by Crippen LogP contribution is 1.97. The third kappa shape index (κ3) is 7.76. The molecular formula is C12H25N3O4. The average Bonchev–Trinajstić information content (AvgIpc) is 2.35. The first-order chi connectivity index (χ1) is 8.92. The topological polar surface area (TPSA) is 114 Å². The minimum Gasteiger partial charge on any atom is -0.396 e. The monoisotopic (exact) mass is 275 g/mol. The molecule has 2 amide bonds. The van der Waals surface area contributed by atoms with Crippen LogP contribution in [0.4, 0.5) is 0 Å². The predicted octanol–water partition coefficient (Wildman–Crippen LogP) is -1.40. The summed E-state index contributed by atoms with van der Waals surface area (Å²) in [4.78, 5) is 23.1. The SMILES string of the molecule is COCC(CCO)NC(=O)CNC(=O)[C@@H](N)C(C)C. The van der Waals surface area contributed by atoms with Gasteiger partial charge in [-0.25, -0.2) is 0 Å². The first kappa shape index (κ1) is 17.8. The molecule has 0 aromatic carbocycles. The van der Waals surface area contributed by atoms with Crippen molar-refractivity contribution in [1.29, 1.82) is 0 Å². The molecule has 0 aliphatic rings. The summed E-state index contributed by atoms with van der Waals surface area (Å²) in [6, 6.07) is -0.891. The fourth-order valence-electron chi connectivity index (χ4n) is 1.42. The van der Waals surface area contributed by atoms with Crippen LogP contribution in [0.1, 0.15) is 20.3 Å². The van der Waals surface area contributed by atoms with Crippen LogP contribution in [0.5, 0.6) is 0 Å². The maximum Gasteiger partial charge on any atom is 0.239 e. The van der Waals surface area contributed by atoms with Gasteiger partial charge in [0.2, 0.25) is 11.8 Å². The molecule has 19 heavy (non-hydrogen) atoms. The van der Waals surface area contributed by atoms with Gasteiger partial charge in [-0.1, -0.05) is 13.8 Å². The van der Waals surface area contributed by atoms with Crippen molar-refractivity contribution in [2.75, 3.05) is 26.9 Å². The molecule has 0 radical (unpaired) electrons. The molecule has 0 aromatic rings. The molecule has 0 saturated carbocycles. The minimum atomic E-state index is -0.625. The van der Waals surface area contributed by atoms with E-state index < -0.39 is 6.04 Å². The Bertz CT molecular complexity index is 278. The third-order valence-corrected chi connectivity index (χ3v) is 2.65. The summed E-state index contributed by atoms with van der Waals surface area (Å²) in [6.07, 6.45) is 0.402. The molecule has 0 spiro atoms. The molecule has 0 heterocycles. The minimum absolute atomic E-state index is 0.0127. The van der Waals surface area contributed by atoms with Crippen molar-refractivity contribution in [2.45, 2.75) is 32.4 Å². The summed E-state index contributed by atoms with van der Waals surface area (Å²) >= 11 is 0. The molecule has 0 fully saturated rings. The van der Waals surface area contributed by atoms with Gasteiger partial charge in [0.1, 0.15) is 0 Å². The van der Waals surface area contributed by atoms with E-state index in [0.29, 0.717) is 13.0 Å². The molecule has 0 bridgehead atoms. The number of hydrogen-bond acceptors (Lipinski definition) is 5. The highest BCUT2D eigenvalue weighted by atomic mass is 16.5. The molecule has 1 unspecified atom stereocenters. The molecule has 0 aliphatic heterocycles. The van der Waals surface area contributed by atoms with Gasteiger partial charge < -0.3 is 26.2 Å². The molecule has 0 aromatic heterocycles. The molecule has 7 nitrogen and oxygen atoms in total. The number of nitrogens with two attached hydrogens (primary N) is 1. The zero-order valence-electron chi connectivity index (χ0n) is 11.8. The van der Waals surface area contributed by atoms with E-state index in [-0.39, 0.29) is 36.9 Å². The van der Waals surface area contributed by atoms with Crippen LogP contribution in [0.2, 0.25) is 0 Å². The number of ether oxygens (including phenoxy) is 1. The molecule has 5 N–H and O–H groups in total. The summed E-state index contributed by atoms with van der Waals surface area (Å²) < 4.78 is 4.92. The zero-order chi connectivity index (χ0) is 14.8. The van der Waals surface area contributed by atoms with Crippen molar-refractivity contribution >= 4 is 11.8 Å². The highest BCUT2D eigenvalue weighted by Gasteiger charge is 2.18. The van der Waals surface area contributed by atoms with E-state index >= 15 is 0 Å². The zero-order valence-corrected chi connectivity index (χ0v) is 11.8. The summed E-state index contributed by atoms with van der Waals surface area (Å²) in [5.74, 6) is -0.672. The Balaban J connectivity index is 4.06. The Kier molecular flexibility index (Phi) is 9.11. The van der Waals surface area contributed by atoms with Crippen LogP contribution < -0.4 is 16.4 Å². The highest BCUT2D eigenvalue weighted by molar-refractivity contribution is 5.87. The lowest BCUT2D eigenvalue weighted by molar-refractivity contribution is -0.127. The van der Waals surface area contributed by atoms with E-state index in [2.05, 4.69) is 10.6 Å². The van der Waals surface area contributed by atoms with Crippen LogP contribution >= 0.6 is 0 Å². The van der Waals surface area contributed by atoms with Crippen molar-refractivity contribution in [3.63, 3.8) is 0 Å². The fourth-order valence-corrected chi connectivity index (χ4v) is 1.42. The summed E-state index contributed by atoms with van der Waals surface area (Å²) in [6.45, 7) is 3.80. The van der Waals surface area contributed by atoms with Gasteiger partial charge in [0, 0.05) is 13.7 Å². The Morgan fingerprint density at radius 1 is 1.37 bits per heavy atom. The van der Waals surface area contributed by atoms with E-state index in [1.807, 2.05) is 13.8 Å². The standard InChI is InChI=1S/C12H25N3O4/c1-8(2)11(13)12(18)14-6-10(17)15-9(4-5-16)7-19-3/h8-9,11,16H,4-7,13H2,1-3H3,(H,14,18)(H,15,17)/t9?,11-/m0/s1. The second-order valence-electron chi connectivity index (χ2n) is 4.72. The lowest BCUT2D eigenvalue weighted by atomic mass is 10.1. The molecule has 0 aliphatic carbocycles. The summed E-state index contributed by atoms with van der Waals surface area (Å²) in [5, 5.41) is 14.0. The van der Waals surface area contributed by atoms with Crippen molar-refractivity contribution in [3.8, 4) is 0 Å². The lowest BCUT2D eigenvalue weighted by Crippen LogP contribution is -2.49. The molecule has 0 rings (SSSR count). The van der Waals surface area contributed by atoms with Gasteiger partial charge >= 0.3 is 0 Å². The van der Waals surface area contributed by atoms with Gasteiger partial charge in [-0.05, 0) is 12.3 Å². The van der Waals surface area contributed by atoms with E-state index in [1.165, 1.54) is 7.11 Å². The van der Waals surface area contributed by atoms with E-state index in [4.69, 9.17) is 15.6 Å². The van der Waals surface area contributed by atoms with Crippen molar-refractivity contribution in [1.82, 2.24) is 10.6 Å². The Morgan fingerprint density at radius 2 is 2.00 bits per heavy atom. The number of carbonyl (C=O) groups is 2. The number of aliphatic hydroxyl groups excluding tert-OH is 1. The van der Waals surface area contributed by atoms with Crippen LogP contribution in [0.3, 0.4) is 0 Å². The maximum absolute atomic E-state index is 11.6. The quantitative estimate of drug-likeness (QED) is 0.413. The number of aliphatic hydroxyl groups is 1. The second-order valence-corrected chi connectivity index (χ2v) is 4.72. The van der Waals surface area contributed by atoms with Crippen molar-refractivity contribution in [2.24, 2.45) is 11.7 Å². The van der Waals surface area contributed by atoms with E-state index in [0.717, 1.165) is 0 Å². The van der Waals surface area contributed by atoms with Crippen LogP contribution in [0, 0.1) is 5.92 Å². The van der Waals surface area contributed by atoms with Gasteiger partial charge in [-0.2, -0.15) is 0 Å². The number of carbonyl (C=O) groups excluding carboxylic acids is 2. The lowest BCUT2D eigenvalue weighted by Gasteiger charge is -2.18. The van der Waals surface area contributed by atoms with E-state index in [1.54, 1.807) is 0 Å². The van der Waals surface area contributed by atoms with E-state index in [9.17, 15) is 9.59 Å². The first-order valence-corrected chi connectivity index (χ1v) is 6.34. The van der Waals surface area contributed by atoms with Crippen LogP contribution in [0.25, 0.3) is 0 Å². The van der Waals surface area contributed by atoms with Crippen LogP contribution in [-0.4, -0.2) is 55.9 Å². The number of rotatable bonds is 9. The van der Waals surface area contributed by atoms with Crippen molar-refractivity contribution in [3.05, 3.63) is 0 Å². The van der Waals surface area contributed by atoms with Gasteiger partial charge in [0.15, 0.2) is 0 Å². The Labute approximate surface area is 113 Å². The molecule has 2 atom stereocenters. The summed E-state index contributed by atoms with van der Waals surface area (Å²) in [5.41, 5.74) is 5.65. The third-order valence-electron chi connectivity index (χ3n) is 2.65. The summed E-state index contributed by atoms with van der Waals surface area (Å²) in [7, 11) is 1.51. The maximum atomic E-state index is 11.6. The number of methoxy groups -OCH3 is 1. The largest absolute Gasteiger partial charge is 0.396 e. The van der Waals surface area contributed by atoms with Gasteiger partial charge in [0.25, 0.3) is 0 Å². The van der Waals surface area contributed by atoms with Gasteiger partial charge in [-0.15, -0.1) is 0 Å².